The monoisotopic (exact) mass is 286 g/mol. The van der Waals surface area contributed by atoms with Crippen LogP contribution in [0, 0.1) is 5.92 Å². The van der Waals surface area contributed by atoms with E-state index in [1.54, 1.807) is 0 Å². The summed E-state index contributed by atoms with van der Waals surface area (Å²) in [5.74, 6) is -0.710. The SMILES string of the molecule is CC(C)C(CC(=O)O)Nc1ncccc1S(C)(=O)=O. The summed E-state index contributed by atoms with van der Waals surface area (Å²) in [5, 5.41) is 11.8. The van der Waals surface area contributed by atoms with Crippen molar-refractivity contribution >= 4 is 21.6 Å². The lowest BCUT2D eigenvalue weighted by atomic mass is 10.0. The van der Waals surface area contributed by atoms with Crippen molar-refractivity contribution in [2.75, 3.05) is 11.6 Å². The Bertz CT molecular complexity index is 555. The summed E-state index contributed by atoms with van der Waals surface area (Å²) < 4.78 is 23.3. The van der Waals surface area contributed by atoms with Gasteiger partial charge < -0.3 is 10.4 Å². The molecule has 0 radical (unpaired) electrons. The molecule has 1 rings (SSSR count). The smallest absolute Gasteiger partial charge is 0.305 e. The van der Waals surface area contributed by atoms with E-state index >= 15 is 0 Å². The molecule has 7 heteroatoms. The van der Waals surface area contributed by atoms with Gasteiger partial charge in [0, 0.05) is 18.5 Å². The molecule has 0 spiro atoms. The lowest BCUT2D eigenvalue weighted by Crippen LogP contribution is -2.29. The zero-order valence-electron chi connectivity index (χ0n) is 11.1. The van der Waals surface area contributed by atoms with E-state index in [9.17, 15) is 13.2 Å². The molecule has 6 nitrogen and oxygen atoms in total. The molecule has 0 aliphatic carbocycles. The second-order valence-electron chi connectivity index (χ2n) is 4.72. The van der Waals surface area contributed by atoms with Crippen molar-refractivity contribution in [2.45, 2.75) is 31.2 Å². The average molecular weight is 286 g/mol. The molecule has 0 fully saturated rings. The molecule has 2 N–H and O–H groups in total. The number of nitrogens with zero attached hydrogens (tertiary/aromatic N) is 1. The topological polar surface area (TPSA) is 96.4 Å². The highest BCUT2D eigenvalue weighted by Crippen LogP contribution is 2.21. The van der Waals surface area contributed by atoms with E-state index in [1.807, 2.05) is 13.8 Å². The number of aromatic nitrogens is 1. The predicted molar refractivity (Wildman–Crippen MR) is 71.8 cm³/mol. The largest absolute Gasteiger partial charge is 0.481 e. The van der Waals surface area contributed by atoms with Crippen LogP contribution in [0.15, 0.2) is 23.2 Å². The maximum absolute atomic E-state index is 11.6. The number of anilines is 1. The van der Waals surface area contributed by atoms with Gasteiger partial charge in [0.25, 0.3) is 0 Å². The maximum atomic E-state index is 11.6. The molecule has 1 unspecified atom stereocenters. The second kappa shape index (κ2) is 6.01. The van der Waals surface area contributed by atoms with Crippen molar-refractivity contribution in [3.05, 3.63) is 18.3 Å². The zero-order valence-corrected chi connectivity index (χ0v) is 11.9. The molecule has 1 aromatic rings. The number of pyridine rings is 1. The first kappa shape index (κ1) is 15.4. The maximum Gasteiger partial charge on any atom is 0.305 e. The van der Waals surface area contributed by atoms with Crippen molar-refractivity contribution in [3.63, 3.8) is 0 Å². The van der Waals surface area contributed by atoms with Gasteiger partial charge in [0.1, 0.15) is 10.7 Å². The third-order valence-electron chi connectivity index (χ3n) is 2.69. The molecule has 19 heavy (non-hydrogen) atoms. The number of nitrogens with one attached hydrogen (secondary N) is 1. The first-order chi connectivity index (χ1) is 8.71. The van der Waals surface area contributed by atoms with Crippen LogP contribution in [-0.2, 0) is 14.6 Å². The molecule has 0 aliphatic rings. The average Bonchev–Trinajstić information content (AvgIpc) is 2.26. The first-order valence-corrected chi connectivity index (χ1v) is 7.74. The second-order valence-corrected chi connectivity index (χ2v) is 6.70. The van der Waals surface area contributed by atoms with E-state index in [2.05, 4.69) is 10.3 Å². The molecule has 1 atom stereocenters. The molecule has 0 amide bonds. The van der Waals surface area contributed by atoms with Crippen molar-refractivity contribution in [1.29, 1.82) is 0 Å². The van der Waals surface area contributed by atoms with Gasteiger partial charge in [-0.3, -0.25) is 4.79 Å². The Morgan fingerprint density at radius 3 is 2.58 bits per heavy atom. The molecular weight excluding hydrogens is 268 g/mol. The zero-order chi connectivity index (χ0) is 14.6. The number of carbonyl (C=O) groups is 1. The summed E-state index contributed by atoms with van der Waals surface area (Å²) in [5.41, 5.74) is 0. The van der Waals surface area contributed by atoms with Crippen molar-refractivity contribution < 1.29 is 18.3 Å². The molecule has 1 heterocycles. The highest BCUT2D eigenvalue weighted by molar-refractivity contribution is 7.90. The van der Waals surface area contributed by atoms with E-state index < -0.39 is 15.8 Å². The lowest BCUT2D eigenvalue weighted by molar-refractivity contribution is -0.137. The van der Waals surface area contributed by atoms with Gasteiger partial charge in [-0.25, -0.2) is 13.4 Å². The molecule has 106 valence electrons. The van der Waals surface area contributed by atoms with Crippen LogP contribution in [0.3, 0.4) is 0 Å². The van der Waals surface area contributed by atoms with Gasteiger partial charge in [-0.15, -0.1) is 0 Å². The minimum absolute atomic E-state index is 0.0329. The van der Waals surface area contributed by atoms with Gasteiger partial charge in [-0.2, -0.15) is 0 Å². The van der Waals surface area contributed by atoms with Crippen LogP contribution < -0.4 is 5.32 Å². The summed E-state index contributed by atoms with van der Waals surface area (Å²) in [4.78, 5) is 14.9. The van der Waals surface area contributed by atoms with Crippen molar-refractivity contribution in [2.24, 2.45) is 5.92 Å². The van der Waals surface area contributed by atoms with Crippen LogP contribution in [0.2, 0.25) is 0 Å². The van der Waals surface area contributed by atoms with Gasteiger partial charge in [-0.1, -0.05) is 13.8 Å². The minimum Gasteiger partial charge on any atom is -0.481 e. The van der Waals surface area contributed by atoms with Gasteiger partial charge in [0.05, 0.1) is 6.42 Å². The standard InChI is InChI=1S/C12H18N2O4S/c1-8(2)9(7-11(15)16)14-12-10(19(3,17)18)5-4-6-13-12/h4-6,8-9H,7H2,1-3H3,(H,13,14)(H,15,16). The molecular formula is C12H18N2O4S. The molecule has 0 bridgehead atoms. The highest BCUT2D eigenvalue weighted by atomic mass is 32.2. The first-order valence-electron chi connectivity index (χ1n) is 5.85. The van der Waals surface area contributed by atoms with Crippen LogP contribution in [-0.4, -0.2) is 36.8 Å². The van der Waals surface area contributed by atoms with Crippen LogP contribution in [0.4, 0.5) is 5.82 Å². The molecule has 0 saturated carbocycles. The van der Waals surface area contributed by atoms with E-state index in [0.717, 1.165) is 6.26 Å². The summed E-state index contributed by atoms with van der Waals surface area (Å²) in [6.45, 7) is 3.73. The fourth-order valence-electron chi connectivity index (χ4n) is 1.62. The summed E-state index contributed by atoms with van der Waals surface area (Å²) >= 11 is 0. The molecule has 0 saturated heterocycles. The van der Waals surface area contributed by atoms with E-state index in [4.69, 9.17) is 5.11 Å². The summed E-state index contributed by atoms with van der Waals surface area (Å²) in [6.07, 6.45) is 2.46. The van der Waals surface area contributed by atoms with Gasteiger partial charge in [0.15, 0.2) is 9.84 Å². The van der Waals surface area contributed by atoms with Crippen LogP contribution in [0.25, 0.3) is 0 Å². The van der Waals surface area contributed by atoms with Crippen molar-refractivity contribution in [1.82, 2.24) is 4.98 Å². The molecule has 1 aromatic heterocycles. The van der Waals surface area contributed by atoms with Gasteiger partial charge in [0.2, 0.25) is 0 Å². The minimum atomic E-state index is -3.41. The van der Waals surface area contributed by atoms with Gasteiger partial charge in [-0.05, 0) is 18.1 Å². The number of sulfone groups is 1. The van der Waals surface area contributed by atoms with Gasteiger partial charge >= 0.3 is 5.97 Å². The predicted octanol–water partition coefficient (Wildman–Crippen LogP) is 1.40. The van der Waals surface area contributed by atoms with Crippen LogP contribution >= 0.6 is 0 Å². The highest BCUT2D eigenvalue weighted by Gasteiger charge is 2.21. The van der Waals surface area contributed by atoms with E-state index in [1.165, 1.54) is 18.3 Å². The number of carboxylic acid groups (broad SMARTS) is 1. The Kier molecular flexibility index (Phi) is 4.88. The lowest BCUT2D eigenvalue weighted by Gasteiger charge is -2.22. The number of rotatable bonds is 6. The normalized spacial score (nSPS) is 13.3. The summed E-state index contributed by atoms with van der Waals surface area (Å²) in [7, 11) is -3.41. The fraction of sp³-hybridized carbons (Fsp3) is 0.500. The Morgan fingerprint density at radius 2 is 2.11 bits per heavy atom. The third-order valence-corrected chi connectivity index (χ3v) is 3.82. The fourth-order valence-corrected chi connectivity index (χ4v) is 2.40. The van der Waals surface area contributed by atoms with Crippen molar-refractivity contribution in [3.8, 4) is 0 Å². The Morgan fingerprint density at radius 1 is 1.47 bits per heavy atom. The number of aliphatic carboxylic acids is 1. The third kappa shape index (κ3) is 4.51. The Balaban J connectivity index is 3.07. The summed E-state index contributed by atoms with van der Waals surface area (Å²) in [6, 6.07) is 2.60. The number of hydrogen-bond donors (Lipinski definition) is 2. The van der Waals surface area contributed by atoms with E-state index in [-0.39, 0.29) is 29.1 Å². The van der Waals surface area contributed by atoms with Crippen LogP contribution in [0.5, 0.6) is 0 Å². The number of hydrogen-bond acceptors (Lipinski definition) is 5. The van der Waals surface area contributed by atoms with Crippen LogP contribution in [0.1, 0.15) is 20.3 Å². The number of carboxylic acids is 1. The molecule has 0 aromatic carbocycles. The Hall–Kier alpha value is -1.63. The molecule has 0 aliphatic heterocycles. The quantitative estimate of drug-likeness (QED) is 0.820. The Labute approximate surface area is 112 Å². The van der Waals surface area contributed by atoms with E-state index in [0.29, 0.717) is 0 Å².